The molecule has 2 aromatic heterocycles. The van der Waals surface area contributed by atoms with E-state index in [1.807, 2.05) is 48.3 Å². The van der Waals surface area contributed by atoms with Crippen LogP contribution in [0, 0.1) is 6.92 Å². The summed E-state index contributed by atoms with van der Waals surface area (Å²) in [5.74, 6) is 1.23. The van der Waals surface area contributed by atoms with E-state index in [1.165, 1.54) is 10.8 Å². The molecule has 0 radical (unpaired) electrons. The molecule has 0 bridgehead atoms. The van der Waals surface area contributed by atoms with Crippen LogP contribution in [0.25, 0.3) is 16.7 Å². The Labute approximate surface area is 158 Å². The molecule has 0 aliphatic heterocycles. The third kappa shape index (κ3) is 3.74. The van der Waals surface area contributed by atoms with Crippen molar-refractivity contribution in [2.45, 2.75) is 33.4 Å². The number of aromatic nitrogens is 4. The number of fused-ring (bicyclic) bond motifs is 3. The Bertz CT molecular complexity index is 1160. The van der Waals surface area contributed by atoms with Gasteiger partial charge in [-0.25, -0.2) is 8.42 Å². The number of hydrogen-bond donors (Lipinski definition) is 0. The van der Waals surface area contributed by atoms with E-state index in [0.29, 0.717) is 30.1 Å². The second-order valence-corrected chi connectivity index (χ2v) is 9.33. The van der Waals surface area contributed by atoms with Crippen molar-refractivity contribution < 1.29 is 8.42 Å². The highest BCUT2D eigenvalue weighted by atomic mass is 32.2. The van der Waals surface area contributed by atoms with Gasteiger partial charge in [-0.05, 0) is 32.5 Å². The van der Waals surface area contributed by atoms with Crippen LogP contribution in [0.4, 0.5) is 0 Å². The fraction of sp³-hybridized carbons (Fsp3) is 0.500. The van der Waals surface area contributed by atoms with E-state index in [2.05, 4.69) is 10.2 Å². The predicted octanol–water partition coefficient (Wildman–Crippen LogP) is 1.14. The van der Waals surface area contributed by atoms with Crippen molar-refractivity contribution in [2.24, 2.45) is 7.05 Å². The molecule has 27 heavy (non-hydrogen) atoms. The van der Waals surface area contributed by atoms with Crippen LogP contribution in [0.2, 0.25) is 0 Å². The van der Waals surface area contributed by atoms with Crippen LogP contribution in [0.1, 0.15) is 25.2 Å². The van der Waals surface area contributed by atoms with E-state index in [4.69, 9.17) is 0 Å². The Morgan fingerprint density at radius 3 is 2.59 bits per heavy atom. The average Bonchev–Trinajstić information content (AvgIpc) is 2.99. The highest BCUT2D eigenvalue weighted by Gasteiger charge is 2.21. The highest BCUT2D eigenvalue weighted by Crippen LogP contribution is 2.17. The number of hydrogen-bond acceptors (Lipinski definition) is 6. The quantitative estimate of drug-likeness (QED) is 0.626. The Morgan fingerprint density at radius 2 is 1.96 bits per heavy atom. The van der Waals surface area contributed by atoms with E-state index >= 15 is 0 Å². The van der Waals surface area contributed by atoms with Crippen molar-refractivity contribution in [2.75, 3.05) is 18.6 Å². The molecule has 2 heterocycles. The topological polar surface area (TPSA) is 89.6 Å². The maximum absolute atomic E-state index is 12.7. The van der Waals surface area contributed by atoms with E-state index in [0.717, 1.165) is 11.1 Å². The fourth-order valence-corrected chi connectivity index (χ4v) is 4.55. The van der Waals surface area contributed by atoms with Gasteiger partial charge < -0.3 is 0 Å². The number of benzene rings is 1. The molecule has 3 rings (SSSR count). The second kappa shape index (κ2) is 7.05. The Kier molecular flexibility index (Phi) is 5.09. The number of nitrogens with zero attached hydrogens (tertiary/aromatic N) is 5. The second-order valence-electron chi connectivity index (χ2n) is 7.14. The highest BCUT2D eigenvalue weighted by molar-refractivity contribution is 7.90. The van der Waals surface area contributed by atoms with E-state index in [1.54, 1.807) is 7.05 Å². The third-order valence-corrected chi connectivity index (χ3v) is 5.95. The van der Waals surface area contributed by atoms with Crippen molar-refractivity contribution >= 4 is 26.5 Å². The molecule has 3 aromatic rings. The molecule has 146 valence electrons. The SMILES string of the molecule is CCN(Cc1nnc2n(C)c(=O)c3cc(C)ccc3n12)C(C)CS(C)(=O)=O. The van der Waals surface area contributed by atoms with Gasteiger partial charge in [0.2, 0.25) is 5.78 Å². The summed E-state index contributed by atoms with van der Waals surface area (Å²) in [6.07, 6.45) is 1.25. The minimum Gasteiger partial charge on any atom is -0.292 e. The maximum Gasteiger partial charge on any atom is 0.262 e. The largest absolute Gasteiger partial charge is 0.292 e. The summed E-state index contributed by atoms with van der Waals surface area (Å²) in [4.78, 5) is 14.7. The van der Waals surface area contributed by atoms with Crippen molar-refractivity contribution in [3.8, 4) is 0 Å². The first kappa shape index (κ1) is 19.5. The molecule has 1 atom stereocenters. The summed E-state index contributed by atoms with van der Waals surface area (Å²) >= 11 is 0. The summed E-state index contributed by atoms with van der Waals surface area (Å²) in [7, 11) is -1.40. The van der Waals surface area contributed by atoms with Crippen LogP contribution in [0.5, 0.6) is 0 Å². The zero-order valence-electron chi connectivity index (χ0n) is 16.3. The van der Waals surface area contributed by atoms with Crippen LogP contribution in [-0.2, 0) is 23.4 Å². The molecule has 0 spiro atoms. The van der Waals surface area contributed by atoms with Crippen molar-refractivity contribution in [1.29, 1.82) is 0 Å². The molecule has 9 heteroatoms. The summed E-state index contributed by atoms with van der Waals surface area (Å²) in [5, 5.41) is 9.11. The smallest absolute Gasteiger partial charge is 0.262 e. The van der Waals surface area contributed by atoms with Gasteiger partial charge in [-0.1, -0.05) is 18.6 Å². The average molecular weight is 391 g/mol. The summed E-state index contributed by atoms with van der Waals surface area (Å²) in [6.45, 7) is 6.94. The first-order valence-electron chi connectivity index (χ1n) is 8.87. The first-order valence-corrected chi connectivity index (χ1v) is 10.9. The van der Waals surface area contributed by atoms with Crippen molar-refractivity contribution in [3.05, 3.63) is 39.9 Å². The van der Waals surface area contributed by atoms with Crippen molar-refractivity contribution in [1.82, 2.24) is 24.1 Å². The summed E-state index contributed by atoms with van der Waals surface area (Å²) < 4.78 is 26.7. The molecule has 0 amide bonds. The van der Waals surface area contributed by atoms with Crippen molar-refractivity contribution in [3.63, 3.8) is 0 Å². The fourth-order valence-electron chi connectivity index (χ4n) is 3.47. The van der Waals surface area contributed by atoms with Crippen LogP contribution < -0.4 is 5.56 Å². The van der Waals surface area contributed by atoms with Gasteiger partial charge in [-0.3, -0.25) is 18.7 Å². The number of rotatable bonds is 6. The molecule has 0 aliphatic rings. The Morgan fingerprint density at radius 1 is 1.26 bits per heavy atom. The summed E-state index contributed by atoms with van der Waals surface area (Å²) in [5.41, 5.74) is 1.65. The van der Waals surface area contributed by atoms with Gasteiger partial charge in [-0.15, -0.1) is 10.2 Å². The number of sulfone groups is 1. The van der Waals surface area contributed by atoms with E-state index < -0.39 is 9.84 Å². The predicted molar refractivity (Wildman–Crippen MR) is 106 cm³/mol. The molecule has 1 aromatic carbocycles. The van der Waals surface area contributed by atoms with Crippen LogP contribution in [0.15, 0.2) is 23.0 Å². The molecule has 8 nitrogen and oxygen atoms in total. The van der Waals surface area contributed by atoms with Gasteiger partial charge in [-0.2, -0.15) is 0 Å². The normalized spacial score (nSPS) is 13.7. The number of aryl methyl sites for hydroxylation is 2. The molecular formula is C18H25N5O3S. The minimum atomic E-state index is -3.08. The minimum absolute atomic E-state index is 0.0794. The zero-order valence-corrected chi connectivity index (χ0v) is 17.1. The first-order chi connectivity index (χ1) is 12.6. The molecular weight excluding hydrogens is 366 g/mol. The van der Waals surface area contributed by atoms with Gasteiger partial charge >= 0.3 is 0 Å². The maximum atomic E-state index is 12.7. The lowest BCUT2D eigenvalue weighted by Gasteiger charge is -2.26. The molecule has 0 fully saturated rings. The summed E-state index contributed by atoms with van der Waals surface area (Å²) in [6, 6.07) is 5.57. The van der Waals surface area contributed by atoms with Crippen LogP contribution >= 0.6 is 0 Å². The Balaban J connectivity index is 2.13. The monoisotopic (exact) mass is 391 g/mol. The van der Waals surface area contributed by atoms with E-state index in [9.17, 15) is 13.2 Å². The van der Waals surface area contributed by atoms with Gasteiger partial charge in [0.15, 0.2) is 5.82 Å². The molecule has 0 saturated carbocycles. The lowest BCUT2D eigenvalue weighted by atomic mass is 10.1. The van der Waals surface area contributed by atoms with Gasteiger partial charge in [0.05, 0.1) is 23.2 Å². The van der Waals surface area contributed by atoms with Gasteiger partial charge in [0, 0.05) is 19.3 Å². The van der Waals surface area contributed by atoms with E-state index in [-0.39, 0.29) is 17.4 Å². The molecule has 0 aliphatic carbocycles. The molecule has 0 saturated heterocycles. The lowest BCUT2D eigenvalue weighted by molar-refractivity contribution is 0.220. The zero-order chi connectivity index (χ0) is 19.9. The van der Waals surface area contributed by atoms with Gasteiger partial charge in [0.25, 0.3) is 5.56 Å². The molecule has 0 N–H and O–H groups in total. The Hall–Kier alpha value is -2.26. The standard InChI is InChI=1S/C18H25N5O3S/c1-6-22(13(3)11-27(5,25)26)10-16-19-20-18-21(4)17(24)14-9-12(2)7-8-15(14)23(16)18/h7-9,13H,6,10-11H2,1-5H3. The molecule has 1 unspecified atom stereocenters. The van der Waals surface area contributed by atoms with Gasteiger partial charge in [0.1, 0.15) is 9.84 Å². The van der Waals surface area contributed by atoms with Crippen LogP contribution in [-0.4, -0.2) is 57.1 Å². The third-order valence-electron chi connectivity index (χ3n) is 4.86. The van der Waals surface area contributed by atoms with Crippen LogP contribution in [0.3, 0.4) is 0 Å². The lowest BCUT2D eigenvalue weighted by Crippen LogP contribution is -2.37.